The number of likely N-dealkylation sites (N-methyl/N-ethyl adjacent to an activating group) is 1. The van der Waals surface area contributed by atoms with Crippen molar-refractivity contribution in [1.29, 1.82) is 0 Å². The Morgan fingerprint density at radius 1 is 1.10 bits per heavy atom. The lowest BCUT2D eigenvalue weighted by Crippen LogP contribution is -2.30. The minimum Gasteiger partial charge on any atom is -0.356 e. The molecule has 224 valence electrons. The van der Waals surface area contributed by atoms with Crippen molar-refractivity contribution in [3.63, 3.8) is 0 Å². The van der Waals surface area contributed by atoms with Crippen LogP contribution in [0.2, 0.25) is 0 Å². The molecule has 2 N–H and O–H groups in total. The first-order valence-corrected chi connectivity index (χ1v) is 15.1. The van der Waals surface area contributed by atoms with Gasteiger partial charge in [-0.15, -0.1) is 0 Å². The van der Waals surface area contributed by atoms with Crippen LogP contribution in [0, 0.1) is 18.6 Å². The maximum atomic E-state index is 14.1. The number of rotatable bonds is 7. The van der Waals surface area contributed by atoms with E-state index in [-0.39, 0.29) is 65.6 Å². The number of benzene rings is 2. The molecule has 3 aromatic rings. The first-order valence-electron chi connectivity index (χ1n) is 13.2. The van der Waals surface area contributed by atoms with Gasteiger partial charge in [-0.1, -0.05) is 6.07 Å². The Bertz CT molecular complexity index is 1620. The molecule has 1 aliphatic heterocycles. The lowest BCUT2D eigenvalue weighted by Gasteiger charge is -2.26. The fourth-order valence-electron chi connectivity index (χ4n) is 4.81. The Hall–Kier alpha value is -3.84. The molecule has 0 spiro atoms. The van der Waals surface area contributed by atoms with Gasteiger partial charge in [0.2, 0.25) is 5.92 Å². The van der Waals surface area contributed by atoms with Gasteiger partial charge < -0.3 is 15.5 Å². The molecule has 0 saturated carbocycles. The molecule has 1 atom stereocenters. The maximum absolute atomic E-state index is 14.1. The molecule has 1 aromatic heterocycles. The van der Waals surface area contributed by atoms with Crippen molar-refractivity contribution >= 4 is 33.0 Å². The van der Waals surface area contributed by atoms with E-state index in [1.54, 1.807) is 31.0 Å². The standard InChI is InChI=1S/C29H31F4N5O3S/c1-18-24(19-12-20(30)14-21(31)13-19)16-35-27(38-10-5-8-29(32,33)9-11-38)26(18)28(40)36-22-6-4-7-23(15-22)42(3,41)37-25(39)17-34-2/h4,6-7,12-16,34H,5,8-11,17H2,1-3H3,(H,36,40)/t42-/m1/s1. The summed E-state index contributed by atoms with van der Waals surface area (Å²) in [6, 6.07) is 8.99. The number of nitrogens with one attached hydrogen (secondary N) is 2. The summed E-state index contributed by atoms with van der Waals surface area (Å²) in [6.07, 6.45) is 2.14. The highest BCUT2D eigenvalue weighted by Crippen LogP contribution is 2.35. The highest BCUT2D eigenvalue weighted by atomic mass is 32.2. The van der Waals surface area contributed by atoms with Gasteiger partial charge in [-0.2, -0.15) is 4.36 Å². The van der Waals surface area contributed by atoms with Crippen molar-refractivity contribution in [1.82, 2.24) is 10.3 Å². The van der Waals surface area contributed by atoms with E-state index < -0.39 is 45.5 Å². The van der Waals surface area contributed by atoms with Crippen molar-refractivity contribution < 1.29 is 31.4 Å². The molecular formula is C29H31F4N5O3S. The molecule has 0 unspecified atom stereocenters. The Labute approximate surface area is 241 Å². The quantitative estimate of drug-likeness (QED) is 0.349. The summed E-state index contributed by atoms with van der Waals surface area (Å²) in [6.45, 7) is 1.67. The van der Waals surface area contributed by atoms with Crippen LogP contribution in [-0.2, 0) is 14.5 Å². The maximum Gasteiger partial charge on any atom is 0.267 e. The van der Waals surface area contributed by atoms with Crippen LogP contribution in [0.5, 0.6) is 0 Å². The van der Waals surface area contributed by atoms with Crippen molar-refractivity contribution in [3.05, 3.63) is 71.4 Å². The van der Waals surface area contributed by atoms with E-state index in [2.05, 4.69) is 20.0 Å². The van der Waals surface area contributed by atoms with E-state index in [9.17, 15) is 31.4 Å². The first kappa shape index (κ1) is 31.1. The van der Waals surface area contributed by atoms with E-state index >= 15 is 0 Å². The zero-order valence-corrected chi connectivity index (χ0v) is 24.2. The van der Waals surface area contributed by atoms with Crippen LogP contribution in [-0.4, -0.2) is 59.9 Å². The number of nitrogens with zero attached hydrogens (tertiary/aromatic N) is 3. The van der Waals surface area contributed by atoms with E-state index in [1.165, 1.54) is 24.6 Å². The van der Waals surface area contributed by atoms with Gasteiger partial charge >= 0.3 is 0 Å². The Kier molecular flexibility index (Phi) is 9.31. The third kappa shape index (κ3) is 7.32. The average Bonchev–Trinajstić information content (AvgIpc) is 3.08. The molecular weight excluding hydrogens is 574 g/mol. The second-order valence-electron chi connectivity index (χ2n) is 10.1. The first-order chi connectivity index (χ1) is 19.8. The summed E-state index contributed by atoms with van der Waals surface area (Å²) in [7, 11) is -1.57. The molecule has 1 aliphatic rings. The van der Waals surface area contributed by atoms with E-state index in [0.717, 1.165) is 18.2 Å². The van der Waals surface area contributed by atoms with Crippen molar-refractivity contribution in [2.75, 3.05) is 43.2 Å². The number of carbonyl (C=O) groups excluding carboxylic acids is 2. The lowest BCUT2D eigenvalue weighted by molar-refractivity contribution is -0.116. The normalized spacial score (nSPS) is 16.3. The number of hydrogen-bond donors (Lipinski definition) is 2. The molecule has 4 rings (SSSR count). The average molecular weight is 606 g/mol. The Morgan fingerprint density at radius 2 is 1.81 bits per heavy atom. The fraction of sp³-hybridized carbons (Fsp3) is 0.345. The van der Waals surface area contributed by atoms with Crippen LogP contribution < -0.4 is 15.5 Å². The zero-order valence-electron chi connectivity index (χ0n) is 23.3. The second-order valence-corrected chi connectivity index (χ2v) is 12.4. The van der Waals surface area contributed by atoms with E-state index in [4.69, 9.17) is 0 Å². The molecule has 42 heavy (non-hydrogen) atoms. The minimum atomic E-state index is -3.13. The predicted octanol–water partition coefficient (Wildman–Crippen LogP) is 5.42. The van der Waals surface area contributed by atoms with Crippen molar-refractivity contribution in [2.45, 2.75) is 37.0 Å². The summed E-state index contributed by atoms with van der Waals surface area (Å²) in [5.74, 6) is -5.57. The van der Waals surface area contributed by atoms with Crippen LogP contribution >= 0.6 is 0 Å². The largest absolute Gasteiger partial charge is 0.356 e. The highest BCUT2D eigenvalue weighted by Gasteiger charge is 2.33. The molecule has 0 radical (unpaired) electrons. The van der Waals surface area contributed by atoms with Crippen LogP contribution in [0.3, 0.4) is 0 Å². The van der Waals surface area contributed by atoms with Crippen LogP contribution in [0.25, 0.3) is 11.1 Å². The third-order valence-electron chi connectivity index (χ3n) is 6.87. The monoisotopic (exact) mass is 605 g/mol. The number of pyridine rings is 1. The molecule has 1 saturated heterocycles. The molecule has 1 fully saturated rings. The highest BCUT2D eigenvalue weighted by molar-refractivity contribution is 7.93. The van der Waals surface area contributed by atoms with Crippen LogP contribution in [0.1, 0.15) is 35.2 Å². The molecule has 0 bridgehead atoms. The smallest absolute Gasteiger partial charge is 0.267 e. The van der Waals surface area contributed by atoms with Gasteiger partial charge in [-0.05, 0) is 61.9 Å². The fourth-order valence-corrected chi connectivity index (χ4v) is 6.05. The molecule has 13 heteroatoms. The van der Waals surface area contributed by atoms with Gasteiger partial charge in [0.15, 0.2) is 0 Å². The van der Waals surface area contributed by atoms with E-state index in [1.807, 2.05) is 0 Å². The molecule has 0 aliphatic carbocycles. The summed E-state index contributed by atoms with van der Waals surface area (Å²) >= 11 is 0. The van der Waals surface area contributed by atoms with Gasteiger partial charge in [0.05, 0.1) is 21.8 Å². The molecule has 2 aromatic carbocycles. The zero-order chi connectivity index (χ0) is 30.7. The lowest BCUT2D eigenvalue weighted by atomic mass is 9.97. The van der Waals surface area contributed by atoms with Crippen molar-refractivity contribution in [2.24, 2.45) is 4.36 Å². The number of hydrogen-bond acceptors (Lipinski definition) is 6. The Morgan fingerprint density at radius 3 is 2.50 bits per heavy atom. The summed E-state index contributed by atoms with van der Waals surface area (Å²) in [5, 5.41) is 5.38. The minimum absolute atomic E-state index is 0.0407. The number of alkyl halides is 2. The summed E-state index contributed by atoms with van der Waals surface area (Å²) < 4.78 is 73.4. The van der Waals surface area contributed by atoms with Crippen LogP contribution in [0.4, 0.5) is 29.1 Å². The third-order valence-corrected chi connectivity index (χ3v) is 8.55. The van der Waals surface area contributed by atoms with Crippen molar-refractivity contribution in [3.8, 4) is 11.1 Å². The van der Waals surface area contributed by atoms with E-state index in [0.29, 0.717) is 5.56 Å². The number of amides is 2. The topological polar surface area (TPSA) is 104 Å². The molecule has 8 nitrogen and oxygen atoms in total. The number of aromatic nitrogens is 1. The summed E-state index contributed by atoms with van der Waals surface area (Å²) in [5.41, 5.74) is 1.05. The van der Waals surface area contributed by atoms with Gasteiger partial charge in [0.25, 0.3) is 11.8 Å². The predicted molar refractivity (Wildman–Crippen MR) is 153 cm³/mol. The Balaban J connectivity index is 1.77. The summed E-state index contributed by atoms with van der Waals surface area (Å²) in [4.78, 5) is 32.0. The number of anilines is 2. The van der Waals surface area contributed by atoms with Gasteiger partial charge in [0.1, 0.15) is 17.5 Å². The van der Waals surface area contributed by atoms with Gasteiger partial charge in [-0.25, -0.2) is 26.8 Å². The second kappa shape index (κ2) is 12.6. The van der Waals surface area contributed by atoms with Crippen LogP contribution in [0.15, 0.2) is 57.9 Å². The molecule has 2 heterocycles. The number of carbonyl (C=O) groups is 2. The molecule has 2 amide bonds. The number of halogens is 4. The SMILES string of the molecule is CNCC(=O)N=[S@](C)(=O)c1cccc(NC(=O)c2c(N3CCCC(F)(F)CC3)ncc(-c3cc(F)cc(F)c3)c2C)c1. The van der Waals surface area contributed by atoms with Gasteiger partial charge in [-0.3, -0.25) is 9.59 Å². The van der Waals surface area contributed by atoms with Gasteiger partial charge in [0, 0.05) is 60.6 Å².